The van der Waals surface area contributed by atoms with E-state index in [2.05, 4.69) is 6.07 Å². The molecule has 1 aliphatic carbocycles. The molecule has 0 saturated heterocycles. The molecule has 0 bridgehead atoms. The van der Waals surface area contributed by atoms with E-state index < -0.39 is 0 Å². The normalized spacial score (nSPS) is 22.3. The Morgan fingerprint density at radius 3 is 3.06 bits per heavy atom. The maximum atomic E-state index is 12.4. The number of thiophene rings is 1. The van der Waals surface area contributed by atoms with Crippen molar-refractivity contribution in [2.24, 2.45) is 0 Å². The zero-order chi connectivity index (χ0) is 12.5. The van der Waals surface area contributed by atoms with Gasteiger partial charge in [-0.25, -0.2) is 0 Å². The Bertz CT molecular complexity index is 468. The maximum Gasteiger partial charge on any atom is 0.264 e. The number of hydrogen-bond acceptors (Lipinski definition) is 3. The summed E-state index contributed by atoms with van der Waals surface area (Å²) in [5, 5.41) is 9.25. The van der Waals surface area contributed by atoms with Crippen LogP contribution < -0.4 is 0 Å². The topological polar surface area (TPSA) is 40.5 Å². The lowest BCUT2D eigenvalue weighted by atomic mass is 9.99. The summed E-state index contributed by atoms with van der Waals surface area (Å²) in [6.07, 6.45) is 8.57. The van der Waals surface area contributed by atoms with Crippen molar-refractivity contribution in [3.8, 4) is 0 Å². The van der Waals surface area contributed by atoms with Crippen LogP contribution in [-0.2, 0) is 12.8 Å². The third kappa shape index (κ3) is 1.99. The molecule has 1 aromatic heterocycles. The number of rotatable bonds is 2. The van der Waals surface area contributed by atoms with Crippen molar-refractivity contribution in [1.29, 1.82) is 0 Å². The first-order valence-corrected chi connectivity index (χ1v) is 7.31. The maximum absolute atomic E-state index is 12.4. The Kier molecular flexibility index (Phi) is 3.22. The molecule has 1 aliphatic heterocycles. The molecular formula is C14H17NO2S. The lowest BCUT2D eigenvalue weighted by molar-refractivity contribution is 0.0705. The van der Waals surface area contributed by atoms with Gasteiger partial charge in [-0.15, -0.1) is 11.3 Å². The van der Waals surface area contributed by atoms with Gasteiger partial charge in [0.2, 0.25) is 0 Å². The van der Waals surface area contributed by atoms with E-state index >= 15 is 0 Å². The van der Waals surface area contributed by atoms with Crippen LogP contribution in [-0.4, -0.2) is 35.1 Å². The van der Waals surface area contributed by atoms with Gasteiger partial charge in [-0.3, -0.25) is 4.79 Å². The fourth-order valence-electron chi connectivity index (χ4n) is 2.70. The molecule has 96 valence electrons. The molecule has 2 heterocycles. The highest BCUT2D eigenvalue weighted by molar-refractivity contribution is 7.14. The Labute approximate surface area is 111 Å². The van der Waals surface area contributed by atoms with Gasteiger partial charge in [-0.2, -0.15) is 0 Å². The first kappa shape index (κ1) is 11.9. The molecule has 0 unspecified atom stereocenters. The molecule has 1 aromatic rings. The Balaban J connectivity index is 1.82. The lowest BCUT2D eigenvalue weighted by Gasteiger charge is -2.22. The molecule has 0 spiro atoms. The minimum atomic E-state index is -0.142. The summed E-state index contributed by atoms with van der Waals surface area (Å²) < 4.78 is 0. The molecule has 0 saturated carbocycles. The van der Waals surface area contributed by atoms with E-state index in [0.717, 1.165) is 17.7 Å². The zero-order valence-electron chi connectivity index (χ0n) is 10.3. The smallest absolute Gasteiger partial charge is 0.264 e. The van der Waals surface area contributed by atoms with Crippen LogP contribution in [0.15, 0.2) is 18.2 Å². The van der Waals surface area contributed by atoms with Gasteiger partial charge in [0.1, 0.15) is 0 Å². The van der Waals surface area contributed by atoms with Crippen LogP contribution in [0.5, 0.6) is 0 Å². The van der Waals surface area contributed by atoms with Gasteiger partial charge >= 0.3 is 0 Å². The van der Waals surface area contributed by atoms with Gasteiger partial charge in [0.05, 0.1) is 17.5 Å². The Hall–Kier alpha value is -1.13. The number of aryl methyl sites for hydroxylation is 2. The fourth-order valence-corrected chi connectivity index (χ4v) is 3.91. The van der Waals surface area contributed by atoms with Crippen LogP contribution in [0.25, 0.3) is 0 Å². The Morgan fingerprint density at radius 1 is 1.44 bits per heavy atom. The fraction of sp³-hybridized carbons (Fsp3) is 0.500. The van der Waals surface area contributed by atoms with Gasteiger partial charge in [-0.1, -0.05) is 12.2 Å². The molecule has 0 fully saturated rings. The second-order valence-electron chi connectivity index (χ2n) is 4.90. The third-order valence-electron chi connectivity index (χ3n) is 3.72. The van der Waals surface area contributed by atoms with Crippen molar-refractivity contribution in [2.45, 2.75) is 31.7 Å². The molecule has 3 rings (SSSR count). The van der Waals surface area contributed by atoms with Crippen LogP contribution in [0.3, 0.4) is 0 Å². The van der Waals surface area contributed by atoms with Crippen molar-refractivity contribution in [3.63, 3.8) is 0 Å². The molecule has 1 N–H and O–H groups in total. The van der Waals surface area contributed by atoms with Crippen LogP contribution >= 0.6 is 11.3 Å². The van der Waals surface area contributed by atoms with Gasteiger partial charge in [-0.05, 0) is 37.3 Å². The minimum Gasteiger partial charge on any atom is -0.394 e. The number of aliphatic hydroxyl groups is 1. The average molecular weight is 263 g/mol. The minimum absolute atomic E-state index is 0.00727. The number of nitrogens with zero attached hydrogens (tertiary/aromatic N) is 1. The van der Waals surface area contributed by atoms with E-state index in [-0.39, 0.29) is 18.6 Å². The first-order chi connectivity index (χ1) is 8.79. The molecule has 18 heavy (non-hydrogen) atoms. The van der Waals surface area contributed by atoms with Gasteiger partial charge in [0, 0.05) is 11.4 Å². The van der Waals surface area contributed by atoms with Crippen molar-refractivity contribution < 1.29 is 9.90 Å². The highest BCUT2D eigenvalue weighted by atomic mass is 32.1. The van der Waals surface area contributed by atoms with Crippen LogP contribution in [0.2, 0.25) is 0 Å². The predicted molar refractivity (Wildman–Crippen MR) is 72.0 cm³/mol. The quantitative estimate of drug-likeness (QED) is 0.829. The number of hydrogen-bond donors (Lipinski definition) is 1. The summed E-state index contributed by atoms with van der Waals surface area (Å²) >= 11 is 1.64. The number of carbonyl (C=O) groups excluding carboxylic acids is 1. The van der Waals surface area contributed by atoms with E-state index in [0.29, 0.717) is 6.54 Å². The summed E-state index contributed by atoms with van der Waals surface area (Å²) in [6.45, 7) is 0.625. The molecular weight excluding hydrogens is 246 g/mol. The van der Waals surface area contributed by atoms with Crippen molar-refractivity contribution in [2.75, 3.05) is 13.2 Å². The number of fused-ring (bicyclic) bond motifs is 1. The first-order valence-electron chi connectivity index (χ1n) is 6.49. The predicted octanol–water partition coefficient (Wildman–Crippen LogP) is 2.00. The molecule has 0 aromatic carbocycles. The number of amides is 1. The van der Waals surface area contributed by atoms with Crippen molar-refractivity contribution >= 4 is 17.2 Å². The number of carbonyl (C=O) groups is 1. The zero-order valence-corrected chi connectivity index (χ0v) is 11.1. The molecule has 4 heteroatoms. The SMILES string of the molecule is O=C(c1cc2c(s1)CCCC2)N1CC=C[C@H]1CO. The van der Waals surface area contributed by atoms with E-state index in [1.807, 2.05) is 12.2 Å². The van der Waals surface area contributed by atoms with Gasteiger partial charge in [0.25, 0.3) is 5.91 Å². The molecule has 2 aliphatic rings. The van der Waals surface area contributed by atoms with Crippen LogP contribution in [0.4, 0.5) is 0 Å². The molecule has 3 nitrogen and oxygen atoms in total. The summed E-state index contributed by atoms with van der Waals surface area (Å²) in [7, 11) is 0. The molecule has 0 radical (unpaired) electrons. The lowest BCUT2D eigenvalue weighted by Crippen LogP contribution is -2.37. The second-order valence-corrected chi connectivity index (χ2v) is 6.04. The largest absolute Gasteiger partial charge is 0.394 e. The van der Waals surface area contributed by atoms with E-state index in [1.54, 1.807) is 16.2 Å². The van der Waals surface area contributed by atoms with E-state index in [4.69, 9.17) is 0 Å². The highest BCUT2D eigenvalue weighted by Crippen LogP contribution is 2.31. The Morgan fingerprint density at radius 2 is 2.28 bits per heavy atom. The third-order valence-corrected chi connectivity index (χ3v) is 4.94. The van der Waals surface area contributed by atoms with E-state index in [9.17, 15) is 9.90 Å². The van der Waals surface area contributed by atoms with Crippen LogP contribution in [0, 0.1) is 0 Å². The van der Waals surface area contributed by atoms with Gasteiger partial charge in [0.15, 0.2) is 0 Å². The highest BCUT2D eigenvalue weighted by Gasteiger charge is 2.27. The van der Waals surface area contributed by atoms with Crippen molar-refractivity contribution in [3.05, 3.63) is 33.5 Å². The number of aliphatic hydroxyl groups excluding tert-OH is 1. The summed E-state index contributed by atoms with van der Waals surface area (Å²) in [5.74, 6) is 0.0680. The average Bonchev–Trinajstić information content (AvgIpc) is 3.03. The molecule has 1 atom stereocenters. The second kappa shape index (κ2) is 4.86. The molecule has 1 amide bonds. The monoisotopic (exact) mass is 263 g/mol. The van der Waals surface area contributed by atoms with Gasteiger partial charge < -0.3 is 10.0 Å². The summed E-state index contributed by atoms with van der Waals surface area (Å²) in [5.41, 5.74) is 1.36. The van der Waals surface area contributed by atoms with E-state index in [1.165, 1.54) is 23.3 Å². The van der Waals surface area contributed by atoms with Crippen LogP contribution in [0.1, 0.15) is 33.0 Å². The summed E-state index contributed by atoms with van der Waals surface area (Å²) in [6, 6.07) is 1.92. The van der Waals surface area contributed by atoms with Crippen molar-refractivity contribution in [1.82, 2.24) is 4.90 Å². The summed E-state index contributed by atoms with van der Waals surface area (Å²) in [4.78, 5) is 16.4. The standard InChI is InChI=1S/C14H17NO2S/c16-9-11-5-3-7-15(11)14(17)13-8-10-4-1-2-6-12(10)18-13/h3,5,8,11,16H,1-2,4,6-7,9H2/t11-/m0/s1.